The van der Waals surface area contributed by atoms with Gasteiger partial charge in [0.1, 0.15) is 11.9 Å². The van der Waals surface area contributed by atoms with Crippen molar-refractivity contribution < 1.29 is 18.7 Å². The fraction of sp³-hybridized carbons (Fsp3) is 0.588. The van der Waals surface area contributed by atoms with Crippen LogP contribution in [0.5, 0.6) is 0 Å². The topological polar surface area (TPSA) is 50.8 Å². The lowest BCUT2D eigenvalue weighted by atomic mass is 10.0. The number of carbonyl (C=O) groups is 1. The smallest absolute Gasteiger partial charge is 0.248 e. The molecule has 0 aliphatic carbocycles. The van der Waals surface area contributed by atoms with Gasteiger partial charge in [0.15, 0.2) is 0 Å². The zero-order chi connectivity index (χ0) is 16.7. The summed E-state index contributed by atoms with van der Waals surface area (Å²) in [7, 11) is 0. The van der Waals surface area contributed by atoms with Gasteiger partial charge in [-0.3, -0.25) is 9.69 Å². The molecule has 0 bridgehead atoms. The van der Waals surface area contributed by atoms with Crippen LogP contribution in [-0.4, -0.2) is 56.4 Å². The molecule has 1 aromatic carbocycles. The highest BCUT2D eigenvalue weighted by Gasteiger charge is 2.24. The second-order valence-corrected chi connectivity index (χ2v) is 5.56. The van der Waals surface area contributed by atoms with E-state index in [4.69, 9.17) is 9.47 Å². The zero-order valence-electron chi connectivity index (χ0n) is 13.8. The second kappa shape index (κ2) is 8.96. The van der Waals surface area contributed by atoms with Crippen LogP contribution >= 0.6 is 0 Å². The van der Waals surface area contributed by atoms with Gasteiger partial charge in [0, 0.05) is 26.2 Å². The molecule has 1 fully saturated rings. The number of nitrogens with zero attached hydrogens (tertiary/aromatic N) is 1. The number of halogens is 1. The van der Waals surface area contributed by atoms with Crippen molar-refractivity contribution in [1.82, 2.24) is 10.2 Å². The first-order chi connectivity index (χ1) is 11.1. The average Bonchev–Trinajstić information content (AvgIpc) is 2.56. The summed E-state index contributed by atoms with van der Waals surface area (Å²) in [6.07, 6.45) is -0.488. The Morgan fingerprint density at radius 2 is 2.17 bits per heavy atom. The molecule has 2 atom stereocenters. The Labute approximate surface area is 136 Å². The number of hydrogen-bond acceptors (Lipinski definition) is 4. The highest BCUT2D eigenvalue weighted by atomic mass is 19.1. The quantitative estimate of drug-likeness (QED) is 0.830. The minimum absolute atomic E-state index is 0.0765. The summed E-state index contributed by atoms with van der Waals surface area (Å²) in [6, 6.07) is 6.46. The highest BCUT2D eigenvalue weighted by Crippen LogP contribution is 2.22. The van der Waals surface area contributed by atoms with Crippen molar-refractivity contribution in [3.63, 3.8) is 0 Å². The maximum absolute atomic E-state index is 13.6. The number of hydrogen-bond donors (Lipinski definition) is 1. The van der Waals surface area contributed by atoms with E-state index < -0.39 is 6.10 Å². The van der Waals surface area contributed by atoms with Gasteiger partial charge in [0.25, 0.3) is 0 Å². The maximum Gasteiger partial charge on any atom is 0.248 e. The van der Waals surface area contributed by atoms with Gasteiger partial charge in [-0.15, -0.1) is 0 Å². The lowest BCUT2D eigenvalue weighted by Crippen LogP contribution is -2.45. The van der Waals surface area contributed by atoms with Crippen molar-refractivity contribution in [2.75, 3.05) is 39.5 Å². The van der Waals surface area contributed by atoms with Crippen LogP contribution in [0.3, 0.4) is 0 Å². The van der Waals surface area contributed by atoms with Crippen LogP contribution < -0.4 is 5.32 Å². The second-order valence-electron chi connectivity index (χ2n) is 5.56. The fourth-order valence-electron chi connectivity index (χ4n) is 2.73. The molecule has 5 nitrogen and oxygen atoms in total. The Hall–Kier alpha value is -1.50. The number of carbonyl (C=O) groups excluding carboxylic acids is 1. The lowest BCUT2D eigenvalue weighted by Gasteiger charge is -2.35. The van der Waals surface area contributed by atoms with Crippen molar-refractivity contribution >= 4 is 5.91 Å². The molecule has 1 saturated heterocycles. The molecular weight excluding hydrogens is 299 g/mol. The Bertz CT molecular complexity index is 506. The summed E-state index contributed by atoms with van der Waals surface area (Å²) in [6.45, 7) is 7.31. The van der Waals surface area contributed by atoms with Crippen LogP contribution in [0, 0.1) is 5.82 Å². The van der Waals surface area contributed by atoms with Crippen LogP contribution in [0.4, 0.5) is 4.39 Å². The summed E-state index contributed by atoms with van der Waals surface area (Å²) in [4.78, 5) is 14.3. The SMILES string of the molecule is CCOC(C)C(=O)NCC(c1cccc(F)c1)N1CCOCC1. The summed E-state index contributed by atoms with van der Waals surface area (Å²) >= 11 is 0. The molecule has 6 heteroatoms. The minimum atomic E-state index is -0.488. The van der Waals surface area contributed by atoms with Gasteiger partial charge in [-0.05, 0) is 31.5 Å². The van der Waals surface area contributed by atoms with Gasteiger partial charge in [0.2, 0.25) is 5.91 Å². The van der Waals surface area contributed by atoms with Gasteiger partial charge in [-0.2, -0.15) is 0 Å². The highest BCUT2D eigenvalue weighted by molar-refractivity contribution is 5.80. The Kier molecular flexibility index (Phi) is 6.95. The van der Waals surface area contributed by atoms with E-state index in [0.29, 0.717) is 26.4 Å². The predicted octanol–water partition coefficient (Wildman–Crippen LogP) is 1.74. The normalized spacial score (nSPS) is 18.4. The standard InChI is InChI=1S/C17H25FN2O3/c1-3-23-13(2)17(21)19-12-16(20-7-9-22-10-8-20)14-5-4-6-15(18)11-14/h4-6,11,13,16H,3,7-10,12H2,1-2H3,(H,19,21). The molecular formula is C17H25FN2O3. The number of nitrogens with one attached hydrogen (secondary N) is 1. The molecule has 2 unspecified atom stereocenters. The van der Waals surface area contributed by atoms with E-state index in [-0.39, 0.29) is 17.8 Å². The average molecular weight is 324 g/mol. The molecule has 1 aliphatic rings. The van der Waals surface area contributed by atoms with Crippen molar-refractivity contribution in [2.45, 2.75) is 26.0 Å². The van der Waals surface area contributed by atoms with Crippen LogP contribution in [-0.2, 0) is 14.3 Å². The van der Waals surface area contributed by atoms with E-state index >= 15 is 0 Å². The zero-order valence-corrected chi connectivity index (χ0v) is 13.8. The minimum Gasteiger partial charge on any atom is -0.379 e. The summed E-state index contributed by atoms with van der Waals surface area (Å²) < 4.78 is 24.3. The third kappa shape index (κ3) is 5.27. The molecule has 128 valence electrons. The van der Waals surface area contributed by atoms with Crippen molar-refractivity contribution in [3.8, 4) is 0 Å². The lowest BCUT2D eigenvalue weighted by molar-refractivity contribution is -0.131. The molecule has 1 N–H and O–H groups in total. The molecule has 1 heterocycles. The van der Waals surface area contributed by atoms with Gasteiger partial charge >= 0.3 is 0 Å². The first-order valence-electron chi connectivity index (χ1n) is 8.08. The number of benzene rings is 1. The van der Waals surface area contributed by atoms with E-state index in [1.165, 1.54) is 12.1 Å². The Balaban J connectivity index is 2.06. The molecule has 2 rings (SSSR count). The predicted molar refractivity (Wildman–Crippen MR) is 85.6 cm³/mol. The number of amides is 1. The summed E-state index contributed by atoms with van der Waals surface area (Å²) in [5.41, 5.74) is 0.858. The largest absolute Gasteiger partial charge is 0.379 e. The van der Waals surface area contributed by atoms with Crippen LogP contribution in [0.15, 0.2) is 24.3 Å². The number of morpholine rings is 1. The van der Waals surface area contributed by atoms with Gasteiger partial charge < -0.3 is 14.8 Å². The molecule has 23 heavy (non-hydrogen) atoms. The van der Waals surface area contributed by atoms with Crippen molar-refractivity contribution in [1.29, 1.82) is 0 Å². The van der Waals surface area contributed by atoms with Gasteiger partial charge in [0.05, 0.1) is 19.3 Å². The summed E-state index contributed by atoms with van der Waals surface area (Å²) in [5.74, 6) is -0.420. The van der Waals surface area contributed by atoms with Crippen LogP contribution in [0.1, 0.15) is 25.5 Å². The van der Waals surface area contributed by atoms with Gasteiger partial charge in [-0.25, -0.2) is 4.39 Å². The molecule has 0 saturated carbocycles. The van der Waals surface area contributed by atoms with E-state index in [9.17, 15) is 9.18 Å². The summed E-state index contributed by atoms with van der Waals surface area (Å²) in [5, 5.41) is 2.91. The van der Waals surface area contributed by atoms with Gasteiger partial charge in [-0.1, -0.05) is 12.1 Å². The van der Waals surface area contributed by atoms with Crippen LogP contribution in [0.2, 0.25) is 0 Å². The first kappa shape index (κ1) is 17.8. The third-order valence-electron chi connectivity index (χ3n) is 3.98. The Morgan fingerprint density at radius 3 is 2.83 bits per heavy atom. The number of ether oxygens (including phenoxy) is 2. The monoisotopic (exact) mass is 324 g/mol. The maximum atomic E-state index is 13.6. The Morgan fingerprint density at radius 1 is 1.43 bits per heavy atom. The third-order valence-corrected chi connectivity index (χ3v) is 3.98. The van der Waals surface area contributed by atoms with E-state index in [0.717, 1.165) is 18.7 Å². The molecule has 0 radical (unpaired) electrons. The van der Waals surface area contributed by atoms with Crippen molar-refractivity contribution in [3.05, 3.63) is 35.6 Å². The molecule has 1 aliphatic heterocycles. The van der Waals surface area contributed by atoms with E-state index in [1.807, 2.05) is 13.0 Å². The molecule has 1 amide bonds. The van der Waals surface area contributed by atoms with E-state index in [2.05, 4.69) is 10.2 Å². The molecule has 1 aromatic rings. The fourth-order valence-corrected chi connectivity index (χ4v) is 2.73. The van der Waals surface area contributed by atoms with Crippen molar-refractivity contribution in [2.24, 2.45) is 0 Å². The van der Waals surface area contributed by atoms with E-state index in [1.54, 1.807) is 13.0 Å². The first-order valence-corrected chi connectivity index (χ1v) is 8.08. The molecule has 0 aromatic heterocycles. The van der Waals surface area contributed by atoms with Crippen LogP contribution in [0.25, 0.3) is 0 Å². The molecule has 0 spiro atoms. The number of rotatable bonds is 7.